The summed E-state index contributed by atoms with van der Waals surface area (Å²) >= 11 is 0. The first-order valence-corrected chi connectivity index (χ1v) is 8.71. The Labute approximate surface area is 163 Å². The molecule has 0 saturated carbocycles. The first-order valence-electron chi connectivity index (χ1n) is 8.71. The summed E-state index contributed by atoms with van der Waals surface area (Å²) in [5.41, 5.74) is 3.22. The lowest BCUT2D eigenvalue weighted by molar-refractivity contribution is 0.100. The number of anilines is 4. The summed E-state index contributed by atoms with van der Waals surface area (Å²) in [7, 11) is 3.95. The molecule has 0 spiro atoms. The van der Waals surface area contributed by atoms with Crippen LogP contribution in [0.4, 0.5) is 22.9 Å². The molecule has 28 heavy (non-hydrogen) atoms. The highest BCUT2D eigenvalue weighted by Crippen LogP contribution is 2.19. The second-order valence-corrected chi connectivity index (χ2v) is 6.45. The van der Waals surface area contributed by atoms with E-state index in [-0.39, 0.29) is 17.4 Å². The van der Waals surface area contributed by atoms with E-state index in [0.717, 1.165) is 11.4 Å². The van der Waals surface area contributed by atoms with Gasteiger partial charge in [-0.3, -0.25) is 9.59 Å². The minimum absolute atomic E-state index is 0.0649. The fourth-order valence-electron chi connectivity index (χ4n) is 2.55. The van der Waals surface area contributed by atoms with E-state index in [1.54, 1.807) is 30.3 Å². The third-order valence-electron chi connectivity index (χ3n) is 4.08. The van der Waals surface area contributed by atoms with E-state index in [9.17, 15) is 9.59 Å². The molecule has 0 aliphatic rings. The molecule has 2 N–H and O–H groups in total. The van der Waals surface area contributed by atoms with Crippen molar-refractivity contribution in [3.63, 3.8) is 0 Å². The van der Waals surface area contributed by atoms with Crippen molar-refractivity contribution in [2.24, 2.45) is 0 Å². The van der Waals surface area contributed by atoms with E-state index in [1.807, 2.05) is 43.3 Å². The van der Waals surface area contributed by atoms with Crippen LogP contribution >= 0.6 is 0 Å². The van der Waals surface area contributed by atoms with Gasteiger partial charge in [-0.1, -0.05) is 12.1 Å². The maximum absolute atomic E-state index is 12.5. The van der Waals surface area contributed by atoms with Gasteiger partial charge in [-0.25, -0.2) is 9.97 Å². The molecule has 3 rings (SSSR count). The monoisotopic (exact) mass is 375 g/mol. The van der Waals surface area contributed by atoms with Crippen molar-refractivity contribution in [2.75, 3.05) is 29.6 Å². The van der Waals surface area contributed by atoms with Gasteiger partial charge in [0.25, 0.3) is 5.91 Å². The number of rotatable bonds is 6. The van der Waals surface area contributed by atoms with E-state index in [0.29, 0.717) is 17.1 Å². The molecule has 0 fully saturated rings. The fourth-order valence-corrected chi connectivity index (χ4v) is 2.55. The average molecular weight is 375 g/mol. The van der Waals surface area contributed by atoms with Gasteiger partial charge >= 0.3 is 0 Å². The van der Waals surface area contributed by atoms with Gasteiger partial charge in [0, 0.05) is 42.8 Å². The Morgan fingerprint density at radius 1 is 0.929 bits per heavy atom. The van der Waals surface area contributed by atoms with E-state index in [4.69, 9.17) is 0 Å². The van der Waals surface area contributed by atoms with Crippen LogP contribution in [-0.4, -0.2) is 35.8 Å². The van der Waals surface area contributed by atoms with Crippen molar-refractivity contribution in [2.45, 2.75) is 6.92 Å². The number of amides is 1. The predicted molar refractivity (Wildman–Crippen MR) is 110 cm³/mol. The van der Waals surface area contributed by atoms with Crippen LogP contribution < -0.4 is 15.5 Å². The van der Waals surface area contributed by atoms with Gasteiger partial charge < -0.3 is 15.5 Å². The molecule has 3 aromatic rings. The summed E-state index contributed by atoms with van der Waals surface area (Å²) in [5, 5.41) is 5.91. The van der Waals surface area contributed by atoms with E-state index < -0.39 is 0 Å². The number of aromatic nitrogens is 2. The maximum atomic E-state index is 12.5. The Hall–Kier alpha value is -3.74. The summed E-state index contributed by atoms with van der Waals surface area (Å²) in [6.07, 6.45) is 1.33. The lowest BCUT2D eigenvalue weighted by Gasteiger charge is -2.13. The molecule has 1 heterocycles. The smallest absolute Gasteiger partial charge is 0.274 e. The zero-order valence-electron chi connectivity index (χ0n) is 15.9. The molecule has 1 amide bonds. The molecule has 0 aliphatic carbocycles. The van der Waals surface area contributed by atoms with Crippen LogP contribution in [-0.2, 0) is 0 Å². The fraction of sp³-hybridized carbons (Fsp3) is 0.143. The summed E-state index contributed by atoms with van der Waals surface area (Å²) in [4.78, 5) is 34.2. The molecule has 2 aromatic carbocycles. The minimum Gasteiger partial charge on any atom is -0.378 e. The molecule has 0 radical (unpaired) electrons. The van der Waals surface area contributed by atoms with Crippen LogP contribution in [0.25, 0.3) is 0 Å². The van der Waals surface area contributed by atoms with Crippen LogP contribution in [0.3, 0.4) is 0 Å². The Morgan fingerprint density at radius 3 is 2.36 bits per heavy atom. The quantitative estimate of drug-likeness (QED) is 0.638. The highest BCUT2D eigenvalue weighted by atomic mass is 16.2. The van der Waals surface area contributed by atoms with E-state index in [2.05, 4.69) is 20.6 Å². The second-order valence-electron chi connectivity index (χ2n) is 6.45. The molecule has 0 unspecified atom stereocenters. The summed E-state index contributed by atoms with van der Waals surface area (Å²) in [6.45, 7) is 1.48. The first-order chi connectivity index (χ1) is 13.4. The normalized spacial score (nSPS) is 10.2. The molecule has 7 heteroatoms. The number of carbonyl (C=O) groups is 2. The molecular weight excluding hydrogens is 354 g/mol. The number of hydrogen-bond donors (Lipinski definition) is 2. The number of Topliss-reactive ketones (excluding diaryl/α,β-unsaturated/α-hetero) is 1. The van der Waals surface area contributed by atoms with E-state index in [1.165, 1.54) is 13.3 Å². The number of nitrogens with one attached hydrogen (secondary N) is 2. The van der Waals surface area contributed by atoms with Crippen molar-refractivity contribution >= 4 is 34.6 Å². The van der Waals surface area contributed by atoms with Gasteiger partial charge in [-0.05, 0) is 43.3 Å². The molecule has 0 atom stereocenters. The highest BCUT2D eigenvalue weighted by Gasteiger charge is 2.10. The molecule has 1 aromatic heterocycles. The third-order valence-corrected chi connectivity index (χ3v) is 4.08. The third kappa shape index (κ3) is 4.70. The Morgan fingerprint density at radius 2 is 1.68 bits per heavy atom. The molecule has 0 aliphatic heterocycles. The first kappa shape index (κ1) is 19.0. The van der Waals surface area contributed by atoms with Crippen molar-refractivity contribution in [3.8, 4) is 0 Å². The lowest BCUT2D eigenvalue weighted by atomic mass is 10.1. The molecular formula is C21H21N5O2. The second kappa shape index (κ2) is 8.30. The number of carbonyl (C=O) groups excluding carboxylic acids is 2. The molecule has 142 valence electrons. The number of nitrogens with zero attached hydrogens (tertiary/aromatic N) is 3. The van der Waals surface area contributed by atoms with Crippen LogP contribution in [0.2, 0.25) is 0 Å². The van der Waals surface area contributed by atoms with Crippen molar-refractivity contribution in [3.05, 3.63) is 72.2 Å². The van der Waals surface area contributed by atoms with Crippen LogP contribution in [0.5, 0.6) is 0 Å². The Bertz CT molecular complexity index is 1000. The largest absolute Gasteiger partial charge is 0.378 e. The number of ketones is 1. The van der Waals surface area contributed by atoms with Gasteiger partial charge in [-0.2, -0.15) is 0 Å². The van der Waals surface area contributed by atoms with Crippen LogP contribution in [0.1, 0.15) is 27.8 Å². The van der Waals surface area contributed by atoms with Gasteiger partial charge in [0.15, 0.2) is 5.78 Å². The van der Waals surface area contributed by atoms with Gasteiger partial charge in [0.05, 0.1) is 0 Å². The van der Waals surface area contributed by atoms with Gasteiger partial charge in [0.1, 0.15) is 17.8 Å². The average Bonchev–Trinajstić information content (AvgIpc) is 2.69. The minimum atomic E-state index is -0.380. The SMILES string of the molecule is CC(=O)c1cccc(NC(=O)c2cc(Nc3ccc(N(C)C)cc3)ncn2)c1. The van der Waals surface area contributed by atoms with Crippen molar-refractivity contribution < 1.29 is 9.59 Å². The summed E-state index contributed by atoms with van der Waals surface area (Å²) in [6, 6.07) is 16.2. The topological polar surface area (TPSA) is 87.2 Å². The zero-order valence-corrected chi connectivity index (χ0v) is 15.9. The zero-order chi connectivity index (χ0) is 20.1. The van der Waals surface area contributed by atoms with Gasteiger partial charge in [-0.15, -0.1) is 0 Å². The van der Waals surface area contributed by atoms with Crippen molar-refractivity contribution in [1.29, 1.82) is 0 Å². The summed E-state index contributed by atoms with van der Waals surface area (Å²) < 4.78 is 0. The Balaban J connectivity index is 1.72. The highest BCUT2D eigenvalue weighted by molar-refractivity contribution is 6.04. The maximum Gasteiger partial charge on any atom is 0.274 e. The lowest BCUT2D eigenvalue weighted by Crippen LogP contribution is -2.14. The predicted octanol–water partition coefficient (Wildman–Crippen LogP) is 3.74. The molecule has 0 saturated heterocycles. The van der Waals surface area contributed by atoms with Crippen LogP contribution in [0.15, 0.2) is 60.9 Å². The van der Waals surface area contributed by atoms with Gasteiger partial charge in [0.2, 0.25) is 0 Å². The molecule has 7 nitrogen and oxygen atoms in total. The summed E-state index contributed by atoms with van der Waals surface area (Å²) in [5.74, 6) is 0.0641. The van der Waals surface area contributed by atoms with Crippen LogP contribution in [0, 0.1) is 0 Å². The molecule has 0 bridgehead atoms. The standard InChI is InChI=1S/C21H21N5O2/c1-14(27)15-5-4-6-17(11-15)25-21(28)19-12-20(23-13-22-19)24-16-7-9-18(10-8-16)26(2)3/h4-13H,1-3H3,(H,25,28)(H,22,23,24). The number of hydrogen-bond acceptors (Lipinski definition) is 6. The Kier molecular flexibility index (Phi) is 5.64. The number of benzene rings is 2. The van der Waals surface area contributed by atoms with E-state index >= 15 is 0 Å². The van der Waals surface area contributed by atoms with Crippen molar-refractivity contribution in [1.82, 2.24) is 9.97 Å².